The number of phenols is 1. The van der Waals surface area contributed by atoms with Crippen molar-refractivity contribution in [1.82, 2.24) is 5.32 Å². The number of nitrogens with one attached hydrogen (secondary N) is 1. The minimum atomic E-state index is -4.34. The van der Waals surface area contributed by atoms with Crippen LogP contribution in [0.3, 0.4) is 0 Å². The smallest absolute Gasteiger partial charge is 0.401 e. The Balaban J connectivity index is 1.58. The van der Waals surface area contributed by atoms with Crippen LogP contribution in [0.1, 0.15) is 37.0 Å². The normalized spacial score (nSPS) is 25.5. The molecule has 9 nitrogen and oxygen atoms in total. The average molecular weight is 601 g/mol. The number of hydrogen-bond donors (Lipinski definition) is 6. The number of halogens is 3. The number of ketones is 2. The summed E-state index contributed by atoms with van der Waals surface area (Å²) >= 11 is 0. The fourth-order valence-corrected chi connectivity index (χ4v) is 6.91. The van der Waals surface area contributed by atoms with Crippen molar-refractivity contribution in [1.29, 1.82) is 0 Å². The van der Waals surface area contributed by atoms with E-state index in [9.17, 15) is 48.0 Å². The second-order valence-corrected chi connectivity index (χ2v) is 11.7. The van der Waals surface area contributed by atoms with E-state index in [-0.39, 0.29) is 36.3 Å². The molecular formula is C31H31F3N2O7. The third kappa shape index (κ3) is 4.88. The van der Waals surface area contributed by atoms with Gasteiger partial charge in [0.15, 0.2) is 11.4 Å². The maximum atomic E-state index is 14.0. The van der Waals surface area contributed by atoms with Gasteiger partial charge in [-0.3, -0.25) is 14.4 Å². The maximum Gasteiger partial charge on any atom is 0.401 e. The molecule has 3 aliphatic carbocycles. The van der Waals surface area contributed by atoms with Crippen molar-refractivity contribution >= 4 is 23.2 Å². The van der Waals surface area contributed by atoms with Crippen molar-refractivity contribution < 1.29 is 48.0 Å². The lowest BCUT2D eigenvalue weighted by atomic mass is 9.54. The highest BCUT2D eigenvalue weighted by Gasteiger charge is 2.64. The number of alkyl halides is 3. The lowest BCUT2D eigenvalue weighted by Gasteiger charge is -2.50. The van der Waals surface area contributed by atoms with Crippen LogP contribution < -0.4 is 11.1 Å². The molecule has 1 fully saturated rings. The fourth-order valence-electron chi connectivity index (χ4n) is 6.91. The van der Waals surface area contributed by atoms with Crippen LogP contribution in [0.5, 0.6) is 5.75 Å². The topological polar surface area (TPSA) is 170 Å². The maximum absolute atomic E-state index is 14.0. The van der Waals surface area contributed by atoms with E-state index in [1.165, 1.54) is 6.07 Å². The predicted octanol–water partition coefficient (Wildman–Crippen LogP) is 3.62. The first-order chi connectivity index (χ1) is 20.1. The van der Waals surface area contributed by atoms with E-state index in [4.69, 9.17) is 5.73 Å². The molecule has 5 rings (SSSR count). The van der Waals surface area contributed by atoms with Crippen LogP contribution in [0.15, 0.2) is 53.3 Å². The Hall–Kier alpha value is -4.16. The van der Waals surface area contributed by atoms with Crippen molar-refractivity contribution in [2.45, 2.75) is 45.0 Å². The number of Topliss-reactive ketones (excluding diaryl/α,β-unsaturated/α-hetero) is 2. The van der Waals surface area contributed by atoms with Gasteiger partial charge in [0, 0.05) is 24.0 Å². The quantitative estimate of drug-likeness (QED) is 0.273. The number of carbonyl (C=O) groups excluding carboxylic acids is 3. The average Bonchev–Trinajstić information content (AvgIpc) is 2.90. The Labute approximate surface area is 244 Å². The largest absolute Gasteiger partial charge is 0.508 e. The van der Waals surface area contributed by atoms with Gasteiger partial charge in [0.2, 0.25) is 5.78 Å². The Morgan fingerprint density at radius 2 is 1.74 bits per heavy atom. The van der Waals surface area contributed by atoms with Crippen molar-refractivity contribution in [2.75, 3.05) is 6.54 Å². The second kappa shape index (κ2) is 10.5. The summed E-state index contributed by atoms with van der Waals surface area (Å²) in [6, 6.07) is 9.64. The second-order valence-electron chi connectivity index (χ2n) is 11.7. The third-order valence-electron chi connectivity index (χ3n) is 8.77. The molecule has 0 aromatic heterocycles. The standard InChI is InChI=1S/C31H31F3N2O7/c1-13(2)21-19-10-16-9-18-17(15-5-3-14(4-6-15)11-36-12-30(32,33)34)7-8-20(37)23(18)26(39)22(16)27(40)31(19,43)28(41)24(25(21)38)29(35)42/h3-8,13,16,19,21,36-37,39,41,43H,9-12H2,1-2H3,(H2,35,42)/t16-,19-,21-,31-/m0/s1. The summed E-state index contributed by atoms with van der Waals surface area (Å²) in [4.78, 5) is 39.4. The van der Waals surface area contributed by atoms with Crippen LogP contribution in [0, 0.1) is 23.7 Å². The van der Waals surface area contributed by atoms with Gasteiger partial charge in [0.05, 0.1) is 12.1 Å². The van der Waals surface area contributed by atoms with E-state index in [1.54, 1.807) is 44.2 Å². The fraction of sp³-hybridized carbons (Fsp3) is 0.387. The van der Waals surface area contributed by atoms with Crippen LogP contribution in [-0.2, 0) is 27.3 Å². The van der Waals surface area contributed by atoms with Gasteiger partial charge in [-0.15, -0.1) is 0 Å². The molecule has 1 saturated carbocycles. The van der Waals surface area contributed by atoms with Crippen LogP contribution in [0.4, 0.5) is 13.2 Å². The zero-order chi connectivity index (χ0) is 31.6. The molecule has 0 radical (unpaired) electrons. The first-order valence-electron chi connectivity index (χ1n) is 13.8. The monoisotopic (exact) mass is 600 g/mol. The van der Waals surface area contributed by atoms with Crippen LogP contribution in [0.2, 0.25) is 0 Å². The highest BCUT2D eigenvalue weighted by Crippen LogP contribution is 2.55. The van der Waals surface area contributed by atoms with Gasteiger partial charge in [-0.1, -0.05) is 44.2 Å². The number of hydrogen-bond acceptors (Lipinski definition) is 8. The number of benzene rings is 2. The SMILES string of the molecule is CC(C)[C@@H]1C(=O)C(C(N)=O)=C(O)[C@@]2(O)C(=O)C3=C(O)c4c(O)ccc(-c5ccc(CNCC(F)(F)F)cc5)c4C[C@H]3C[C@@H]12. The van der Waals surface area contributed by atoms with Gasteiger partial charge in [-0.2, -0.15) is 13.2 Å². The molecule has 2 aromatic carbocycles. The Kier molecular flexibility index (Phi) is 7.42. The molecule has 4 atom stereocenters. The van der Waals surface area contributed by atoms with Gasteiger partial charge >= 0.3 is 6.18 Å². The molecule has 1 amide bonds. The van der Waals surface area contributed by atoms with Crippen LogP contribution in [-0.4, -0.2) is 56.2 Å². The molecule has 3 aliphatic rings. The lowest BCUT2D eigenvalue weighted by molar-refractivity contribution is -0.155. The predicted molar refractivity (Wildman–Crippen MR) is 148 cm³/mol. The number of aromatic hydroxyl groups is 1. The summed E-state index contributed by atoms with van der Waals surface area (Å²) in [7, 11) is 0. The molecular weight excluding hydrogens is 569 g/mol. The van der Waals surface area contributed by atoms with Gasteiger partial charge in [-0.25, -0.2) is 0 Å². The molecule has 0 bridgehead atoms. The zero-order valence-corrected chi connectivity index (χ0v) is 23.3. The molecule has 2 aromatic rings. The van der Waals surface area contributed by atoms with Gasteiger partial charge < -0.3 is 31.5 Å². The molecule has 0 aliphatic heterocycles. The lowest BCUT2D eigenvalue weighted by Crippen LogP contribution is -2.62. The zero-order valence-electron chi connectivity index (χ0n) is 23.3. The number of fused-ring (bicyclic) bond motifs is 3. The van der Waals surface area contributed by atoms with E-state index >= 15 is 0 Å². The number of aliphatic hydroxyl groups excluding tert-OH is 2. The number of aliphatic hydroxyl groups is 3. The number of amides is 1. The Bertz CT molecular complexity index is 1590. The van der Waals surface area contributed by atoms with E-state index in [1.807, 2.05) is 0 Å². The Morgan fingerprint density at radius 1 is 1.09 bits per heavy atom. The first-order valence-corrected chi connectivity index (χ1v) is 13.8. The van der Waals surface area contributed by atoms with Crippen molar-refractivity contribution in [3.63, 3.8) is 0 Å². The third-order valence-corrected chi connectivity index (χ3v) is 8.77. The molecule has 0 heterocycles. The van der Waals surface area contributed by atoms with E-state index in [0.29, 0.717) is 22.3 Å². The van der Waals surface area contributed by atoms with Crippen molar-refractivity contribution in [3.05, 3.63) is 70.0 Å². The van der Waals surface area contributed by atoms with E-state index in [2.05, 4.69) is 5.32 Å². The summed E-state index contributed by atoms with van der Waals surface area (Å²) in [6.07, 6.45) is -4.22. The van der Waals surface area contributed by atoms with Crippen LogP contribution in [0.25, 0.3) is 16.9 Å². The van der Waals surface area contributed by atoms with E-state index in [0.717, 1.165) is 0 Å². The molecule has 0 unspecified atom stereocenters. The summed E-state index contributed by atoms with van der Waals surface area (Å²) in [6.45, 7) is 2.23. The number of primary amides is 1. The summed E-state index contributed by atoms with van der Waals surface area (Å²) in [5.74, 6) is -8.51. The summed E-state index contributed by atoms with van der Waals surface area (Å²) in [5.41, 5.74) is 3.89. The first kappa shape index (κ1) is 30.3. The number of carbonyl (C=O) groups is 3. The van der Waals surface area contributed by atoms with Gasteiger partial charge in [0.1, 0.15) is 22.8 Å². The molecule has 7 N–H and O–H groups in total. The summed E-state index contributed by atoms with van der Waals surface area (Å²) < 4.78 is 37.4. The van der Waals surface area contributed by atoms with Crippen LogP contribution >= 0.6 is 0 Å². The van der Waals surface area contributed by atoms with Crippen molar-refractivity contribution in [2.24, 2.45) is 29.4 Å². The number of rotatable bonds is 6. The number of phenolic OH excluding ortho intramolecular Hbond substituents is 1. The summed E-state index contributed by atoms with van der Waals surface area (Å²) in [5, 5.41) is 47.2. The molecule has 43 heavy (non-hydrogen) atoms. The molecule has 0 spiro atoms. The van der Waals surface area contributed by atoms with Crippen molar-refractivity contribution in [3.8, 4) is 16.9 Å². The Morgan fingerprint density at radius 3 is 2.33 bits per heavy atom. The minimum absolute atomic E-state index is 0.00926. The van der Waals surface area contributed by atoms with Gasteiger partial charge in [-0.05, 0) is 53.0 Å². The molecule has 228 valence electrons. The molecule has 0 saturated heterocycles. The highest BCUT2D eigenvalue weighted by molar-refractivity contribution is 6.23. The van der Waals surface area contributed by atoms with E-state index < -0.39 is 76.6 Å². The van der Waals surface area contributed by atoms with Gasteiger partial charge in [0.25, 0.3) is 5.91 Å². The molecule has 12 heteroatoms. The number of nitrogens with two attached hydrogens (primary N) is 1. The highest BCUT2D eigenvalue weighted by atomic mass is 19.4. The minimum Gasteiger partial charge on any atom is -0.508 e.